The van der Waals surface area contributed by atoms with Gasteiger partial charge in [-0.3, -0.25) is 0 Å². The first-order valence-electron chi connectivity index (χ1n) is 7.03. The average molecular weight is 291 g/mol. The van der Waals surface area contributed by atoms with Crippen molar-refractivity contribution < 1.29 is 4.79 Å². The van der Waals surface area contributed by atoms with Crippen LogP contribution >= 0.6 is 11.6 Å². The van der Waals surface area contributed by atoms with Crippen LogP contribution in [0.4, 0.5) is 4.79 Å². The monoisotopic (exact) mass is 290 g/mol. The van der Waals surface area contributed by atoms with Crippen molar-refractivity contribution in [3.63, 3.8) is 0 Å². The van der Waals surface area contributed by atoms with Gasteiger partial charge in [0.05, 0.1) is 6.54 Å². The van der Waals surface area contributed by atoms with E-state index in [4.69, 9.17) is 11.6 Å². The molecule has 0 spiro atoms. The summed E-state index contributed by atoms with van der Waals surface area (Å²) < 4.78 is 0. The molecule has 0 heterocycles. The van der Waals surface area contributed by atoms with Gasteiger partial charge in [-0.15, -0.1) is 0 Å². The molecule has 3 nitrogen and oxygen atoms in total. The Morgan fingerprint density at radius 3 is 2.85 bits per heavy atom. The second kappa shape index (κ2) is 7.81. The van der Waals surface area contributed by atoms with E-state index in [9.17, 15) is 4.79 Å². The fourth-order valence-electron chi connectivity index (χ4n) is 2.32. The van der Waals surface area contributed by atoms with Crippen LogP contribution in [-0.2, 0) is 0 Å². The van der Waals surface area contributed by atoms with Crippen molar-refractivity contribution in [3.8, 4) is 11.8 Å². The summed E-state index contributed by atoms with van der Waals surface area (Å²) in [7, 11) is 0. The van der Waals surface area contributed by atoms with Crippen LogP contribution in [0.5, 0.6) is 0 Å². The van der Waals surface area contributed by atoms with Crippen molar-refractivity contribution in [2.24, 2.45) is 0 Å². The number of carbonyl (C=O) groups is 1. The molecule has 2 rings (SSSR count). The van der Waals surface area contributed by atoms with Gasteiger partial charge in [-0.05, 0) is 31.0 Å². The van der Waals surface area contributed by atoms with E-state index in [1.165, 1.54) is 19.3 Å². The molecule has 0 saturated heterocycles. The third kappa shape index (κ3) is 5.14. The summed E-state index contributed by atoms with van der Waals surface area (Å²) >= 11 is 5.87. The predicted molar refractivity (Wildman–Crippen MR) is 81.7 cm³/mol. The fraction of sp³-hybridized carbons (Fsp3) is 0.438. The third-order valence-corrected chi connectivity index (χ3v) is 3.57. The van der Waals surface area contributed by atoms with E-state index in [1.807, 2.05) is 18.2 Å². The first-order chi connectivity index (χ1) is 9.74. The molecule has 4 heteroatoms. The third-order valence-electron chi connectivity index (χ3n) is 3.34. The van der Waals surface area contributed by atoms with Crippen molar-refractivity contribution in [2.75, 3.05) is 6.54 Å². The maximum absolute atomic E-state index is 11.7. The number of amides is 2. The van der Waals surface area contributed by atoms with Gasteiger partial charge in [0, 0.05) is 16.6 Å². The Kier molecular flexibility index (Phi) is 5.76. The zero-order valence-corrected chi connectivity index (χ0v) is 12.2. The van der Waals surface area contributed by atoms with Crippen LogP contribution in [-0.4, -0.2) is 18.6 Å². The molecule has 1 aliphatic rings. The molecule has 0 radical (unpaired) electrons. The number of hydrogen-bond acceptors (Lipinski definition) is 1. The lowest BCUT2D eigenvalue weighted by Gasteiger charge is -2.22. The molecule has 1 fully saturated rings. The normalized spacial score (nSPS) is 15.1. The zero-order chi connectivity index (χ0) is 14.2. The highest BCUT2D eigenvalue weighted by Gasteiger charge is 2.14. The summed E-state index contributed by atoms with van der Waals surface area (Å²) in [5.74, 6) is 5.88. The van der Waals surface area contributed by atoms with E-state index >= 15 is 0 Å². The molecule has 0 aromatic heterocycles. The van der Waals surface area contributed by atoms with E-state index in [-0.39, 0.29) is 6.03 Å². The van der Waals surface area contributed by atoms with Gasteiger partial charge in [0.25, 0.3) is 0 Å². The van der Waals surface area contributed by atoms with Gasteiger partial charge < -0.3 is 10.6 Å². The minimum absolute atomic E-state index is 0.128. The molecular weight excluding hydrogens is 272 g/mol. The van der Waals surface area contributed by atoms with Crippen molar-refractivity contribution in [1.29, 1.82) is 0 Å². The molecule has 0 unspecified atom stereocenters. The Morgan fingerprint density at radius 2 is 2.10 bits per heavy atom. The van der Waals surface area contributed by atoms with Crippen LogP contribution in [0.3, 0.4) is 0 Å². The number of nitrogens with one attached hydrogen (secondary N) is 2. The molecule has 0 atom stereocenters. The Hall–Kier alpha value is -1.66. The number of hydrogen-bond donors (Lipinski definition) is 2. The smallest absolute Gasteiger partial charge is 0.315 e. The van der Waals surface area contributed by atoms with E-state index in [0.717, 1.165) is 18.4 Å². The number of carbonyl (C=O) groups excluding carboxylic acids is 1. The number of rotatable bonds is 2. The second-order valence-corrected chi connectivity index (χ2v) is 5.41. The highest BCUT2D eigenvalue weighted by molar-refractivity contribution is 6.30. The van der Waals surface area contributed by atoms with E-state index in [2.05, 4.69) is 22.5 Å². The standard InChI is InChI=1S/C16H19ClN2O/c17-14-8-4-6-13(12-14)7-5-11-18-16(20)19-15-9-2-1-3-10-15/h4,6,8,12,15H,1-3,9-11H2,(H2,18,19,20). The van der Waals surface area contributed by atoms with Gasteiger partial charge in [-0.25, -0.2) is 4.79 Å². The summed E-state index contributed by atoms with van der Waals surface area (Å²) in [6, 6.07) is 7.55. The van der Waals surface area contributed by atoms with Crippen molar-refractivity contribution in [1.82, 2.24) is 10.6 Å². The molecule has 1 aliphatic carbocycles. The largest absolute Gasteiger partial charge is 0.335 e. The molecule has 1 aromatic rings. The van der Waals surface area contributed by atoms with Crippen LogP contribution in [0.15, 0.2) is 24.3 Å². The van der Waals surface area contributed by atoms with Crippen LogP contribution in [0.1, 0.15) is 37.7 Å². The van der Waals surface area contributed by atoms with Crippen molar-refractivity contribution in [2.45, 2.75) is 38.1 Å². The molecule has 1 saturated carbocycles. The van der Waals surface area contributed by atoms with Gasteiger partial charge in [-0.1, -0.05) is 48.8 Å². The summed E-state index contributed by atoms with van der Waals surface area (Å²) in [6.07, 6.45) is 5.87. The Labute approximate surface area is 125 Å². The summed E-state index contributed by atoms with van der Waals surface area (Å²) in [6.45, 7) is 0.338. The van der Waals surface area contributed by atoms with Gasteiger partial charge in [0.1, 0.15) is 0 Å². The lowest BCUT2D eigenvalue weighted by molar-refractivity contribution is 0.234. The predicted octanol–water partition coefficient (Wildman–Crippen LogP) is 3.32. The number of urea groups is 1. The molecule has 2 N–H and O–H groups in total. The molecule has 1 aromatic carbocycles. The lowest BCUT2D eigenvalue weighted by Crippen LogP contribution is -2.42. The van der Waals surface area contributed by atoms with Crippen LogP contribution in [0.25, 0.3) is 0 Å². The minimum Gasteiger partial charge on any atom is -0.335 e. The van der Waals surface area contributed by atoms with E-state index in [0.29, 0.717) is 17.6 Å². The Bertz CT molecular complexity index is 513. The highest BCUT2D eigenvalue weighted by Crippen LogP contribution is 2.17. The maximum Gasteiger partial charge on any atom is 0.315 e. The first kappa shape index (κ1) is 14.7. The van der Waals surface area contributed by atoms with Crippen molar-refractivity contribution >= 4 is 17.6 Å². The van der Waals surface area contributed by atoms with E-state index in [1.54, 1.807) is 6.07 Å². The van der Waals surface area contributed by atoms with Crippen LogP contribution < -0.4 is 10.6 Å². The van der Waals surface area contributed by atoms with Gasteiger partial charge in [-0.2, -0.15) is 0 Å². The summed E-state index contributed by atoms with van der Waals surface area (Å²) in [5.41, 5.74) is 0.854. The maximum atomic E-state index is 11.7. The van der Waals surface area contributed by atoms with Crippen LogP contribution in [0, 0.1) is 11.8 Å². The molecule has 0 aliphatic heterocycles. The fourth-order valence-corrected chi connectivity index (χ4v) is 2.51. The quantitative estimate of drug-likeness (QED) is 0.806. The number of halogens is 1. The average Bonchev–Trinajstić information content (AvgIpc) is 2.45. The highest BCUT2D eigenvalue weighted by atomic mass is 35.5. The Morgan fingerprint density at radius 1 is 1.30 bits per heavy atom. The topological polar surface area (TPSA) is 41.1 Å². The van der Waals surface area contributed by atoms with Gasteiger partial charge in [0.15, 0.2) is 0 Å². The summed E-state index contributed by atoms with van der Waals surface area (Å²) in [5, 5.41) is 6.41. The SMILES string of the molecule is O=C(NCC#Cc1cccc(Cl)c1)NC1CCCCC1. The first-order valence-corrected chi connectivity index (χ1v) is 7.40. The van der Waals surface area contributed by atoms with Gasteiger partial charge >= 0.3 is 6.03 Å². The Balaban J connectivity index is 1.71. The second-order valence-electron chi connectivity index (χ2n) is 4.97. The van der Waals surface area contributed by atoms with Crippen molar-refractivity contribution in [3.05, 3.63) is 34.9 Å². The lowest BCUT2D eigenvalue weighted by atomic mass is 9.96. The van der Waals surface area contributed by atoms with E-state index < -0.39 is 0 Å². The van der Waals surface area contributed by atoms with Gasteiger partial charge in [0.2, 0.25) is 0 Å². The minimum atomic E-state index is -0.128. The zero-order valence-electron chi connectivity index (χ0n) is 11.4. The number of benzene rings is 1. The molecular formula is C16H19ClN2O. The molecule has 20 heavy (non-hydrogen) atoms. The molecule has 2 amide bonds. The molecule has 106 valence electrons. The summed E-state index contributed by atoms with van der Waals surface area (Å²) in [4.78, 5) is 11.7. The molecule has 0 bridgehead atoms. The van der Waals surface area contributed by atoms with Crippen LogP contribution in [0.2, 0.25) is 5.02 Å².